The third-order valence-corrected chi connectivity index (χ3v) is 8.27. The summed E-state index contributed by atoms with van der Waals surface area (Å²) in [6, 6.07) is -0.694. The van der Waals surface area contributed by atoms with E-state index in [-0.39, 0.29) is 29.8 Å². The van der Waals surface area contributed by atoms with Gasteiger partial charge >= 0.3 is 5.97 Å². The molecule has 0 radical (unpaired) electrons. The Morgan fingerprint density at radius 2 is 1.42 bits per heavy atom. The molecule has 0 aromatic rings. The molecule has 1 atom stereocenters. The van der Waals surface area contributed by atoms with Crippen LogP contribution in [0.15, 0.2) is 0 Å². The van der Waals surface area contributed by atoms with Gasteiger partial charge in [0.25, 0.3) is 5.91 Å². The summed E-state index contributed by atoms with van der Waals surface area (Å²) in [6.07, 6.45) is 12.3. The van der Waals surface area contributed by atoms with Crippen molar-refractivity contribution >= 4 is 17.8 Å². The number of hydrogen-bond acceptors (Lipinski definition) is 4. The molecule has 4 bridgehead atoms. The van der Waals surface area contributed by atoms with E-state index in [4.69, 9.17) is 4.74 Å². The van der Waals surface area contributed by atoms with Gasteiger partial charge in [-0.15, -0.1) is 0 Å². The predicted octanol–water partition coefficient (Wildman–Crippen LogP) is 3.68. The van der Waals surface area contributed by atoms with Gasteiger partial charge in [0.2, 0.25) is 5.91 Å². The number of rotatable bonds is 6. The van der Waals surface area contributed by atoms with Gasteiger partial charge in [0.05, 0.1) is 0 Å². The van der Waals surface area contributed by atoms with Crippen molar-refractivity contribution in [1.29, 1.82) is 0 Å². The van der Waals surface area contributed by atoms with E-state index in [1.165, 1.54) is 25.7 Å². The number of carbonyl (C=O) groups excluding carboxylic acids is 3. The molecule has 5 fully saturated rings. The Hall–Kier alpha value is -1.59. The molecule has 6 nitrogen and oxygen atoms in total. The fourth-order valence-electron chi connectivity index (χ4n) is 6.99. The molecule has 31 heavy (non-hydrogen) atoms. The molecule has 4 aliphatic carbocycles. The van der Waals surface area contributed by atoms with Gasteiger partial charge in [0, 0.05) is 18.5 Å². The molecule has 4 saturated carbocycles. The second-order valence-corrected chi connectivity index (χ2v) is 11.1. The van der Waals surface area contributed by atoms with E-state index in [0.29, 0.717) is 17.8 Å². The molecular weight excluding hydrogens is 392 g/mol. The van der Waals surface area contributed by atoms with E-state index in [1.54, 1.807) is 0 Å². The van der Waals surface area contributed by atoms with Gasteiger partial charge in [-0.25, -0.2) is 4.79 Å². The van der Waals surface area contributed by atoms with Crippen LogP contribution in [0.25, 0.3) is 0 Å². The zero-order valence-electron chi connectivity index (χ0n) is 19.4. The summed E-state index contributed by atoms with van der Waals surface area (Å²) in [6.45, 7) is 5.10. The molecule has 0 unspecified atom stereocenters. The summed E-state index contributed by atoms with van der Waals surface area (Å²) < 4.78 is 5.43. The predicted molar refractivity (Wildman–Crippen MR) is 118 cm³/mol. The monoisotopic (exact) mass is 432 g/mol. The molecule has 5 aliphatic rings. The second-order valence-electron chi connectivity index (χ2n) is 11.1. The zero-order chi connectivity index (χ0) is 22.0. The summed E-state index contributed by atoms with van der Waals surface area (Å²) in [5.41, 5.74) is -0.289. The highest BCUT2D eigenvalue weighted by atomic mass is 16.5. The minimum absolute atomic E-state index is 0.0392. The van der Waals surface area contributed by atoms with Crippen LogP contribution in [-0.4, -0.2) is 48.4 Å². The van der Waals surface area contributed by atoms with Crippen molar-refractivity contribution in [2.45, 2.75) is 90.5 Å². The van der Waals surface area contributed by atoms with Gasteiger partial charge in [0.1, 0.15) is 6.04 Å². The van der Waals surface area contributed by atoms with E-state index in [2.05, 4.69) is 5.32 Å². The van der Waals surface area contributed by atoms with Crippen LogP contribution in [0.1, 0.15) is 84.5 Å². The molecule has 1 heterocycles. The summed E-state index contributed by atoms with van der Waals surface area (Å²) in [5.74, 6) is 1.39. The number of esters is 1. The molecule has 1 saturated heterocycles. The van der Waals surface area contributed by atoms with Gasteiger partial charge < -0.3 is 15.0 Å². The first-order chi connectivity index (χ1) is 14.9. The Morgan fingerprint density at radius 1 is 0.903 bits per heavy atom. The van der Waals surface area contributed by atoms with Gasteiger partial charge in [-0.1, -0.05) is 33.1 Å². The number of hydrogen-bond donors (Lipinski definition) is 1. The Morgan fingerprint density at radius 3 is 1.94 bits per heavy atom. The lowest BCUT2D eigenvalue weighted by Gasteiger charge is -2.55. The molecule has 0 aromatic heterocycles. The van der Waals surface area contributed by atoms with E-state index in [1.807, 2.05) is 18.7 Å². The first kappa shape index (κ1) is 22.6. The van der Waals surface area contributed by atoms with E-state index in [0.717, 1.165) is 58.0 Å². The van der Waals surface area contributed by atoms with Gasteiger partial charge in [-0.05, 0) is 75.0 Å². The quantitative estimate of drug-likeness (QED) is 0.650. The van der Waals surface area contributed by atoms with E-state index >= 15 is 0 Å². The summed E-state index contributed by atoms with van der Waals surface area (Å²) in [4.78, 5) is 40.6. The number of likely N-dealkylation sites (tertiary alicyclic amines) is 1. The fraction of sp³-hybridized carbons (Fsp3) is 0.880. The summed E-state index contributed by atoms with van der Waals surface area (Å²) >= 11 is 0. The Labute approximate surface area is 186 Å². The number of nitrogens with zero attached hydrogens (tertiary/aromatic N) is 1. The van der Waals surface area contributed by atoms with Gasteiger partial charge in [-0.2, -0.15) is 0 Å². The number of nitrogens with one attached hydrogen (secondary N) is 1. The van der Waals surface area contributed by atoms with Crippen LogP contribution in [0.2, 0.25) is 0 Å². The van der Waals surface area contributed by atoms with E-state index < -0.39 is 12.0 Å². The third kappa shape index (κ3) is 5.09. The van der Waals surface area contributed by atoms with Crippen LogP contribution in [0.3, 0.4) is 0 Å². The van der Waals surface area contributed by atoms with Crippen LogP contribution < -0.4 is 5.32 Å². The lowest BCUT2D eigenvalue weighted by atomic mass is 9.49. The molecular formula is C25H40N2O4. The normalized spacial score (nSPS) is 33.5. The average Bonchev–Trinajstić information content (AvgIpc) is 2.68. The van der Waals surface area contributed by atoms with Crippen molar-refractivity contribution < 1.29 is 19.1 Å². The second kappa shape index (κ2) is 9.50. The Kier molecular flexibility index (Phi) is 6.92. The van der Waals surface area contributed by atoms with Crippen molar-refractivity contribution in [2.24, 2.45) is 29.1 Å². The minimum atomic E-state index is -0.694. The maximum atomic E-state index is 13.4. The van der Waals surface area contributed by atoms with Crippen LogP contribution in [-0.2, 0) is 19.1 Å². The van der Waals surface area contributed by atoms with Gasteiger partial charge in [-0.3, -0.25) is 9.59 Å². The fourth-order valence-corrected chi connectivity index (χ4v) is 6.99. The molecule has 174 valence electrons. The summed E-state index contributed by atoms with van der Waals surface area (Å²) in [5, 5.41) is 3.06. The molecule has 6 heteroatoms. The molecule has 0 spiro atoms. The highest BCUT2D eigenvalue weighted by molar-refractivity contribution is 5.89. The van der Waals surface area contributed by atoms with E-state index in [9.17, 15) is 14.4 Å². The number of ether oxygens (including phenoxy) is 1. The first-order valence-electron chi connectivity index (χ1n) is 12.6. The van der Waals surface area contributed by atoms with Crippen LogP contribution in [0.5, 0.6) is 0 Å². The Balaban J connectivity index is 1.32. The van der Waals surface area contributed by atoms with Crippen molar-refractivity contribution in [3.63, 3.8) is 0 Å². The van der Waals surface area contributed by atoms with Gasteiger partial charge in [0.15, 0.2) is 6.61 Å². The lowest BCUT2D eigenvalue weighted by Crippen LogP contribution is -2.57. The largest absolute Gasteiger partial charge is 0.454 e. The topological polar surface area (TPSA) is 75.7 Å². The standard InChI is InChI=1S/C25H40N2O4/c1-17(2)22(23(29)31-16-21(28)27-8-6-4-3-5-7-9-27)26-24(30)25-13-18-10-19(14-25)12-20(11-18)15-25/h17-20,22H,3-16H2,1-2H3,(H,26,30)/t18?,19?,20?,22-,25?/m0/s1. The van der Waals surface area contributed by atoms with Crippen molar-refractivity contribution in [3.05, 3.63) is 0 Å². The van der Waals surface area contributed by atoms with Crippen LogP contribution >= 0.6 is 0 Å². The van der Waals surface area contributed by atoms with Crippen molar-refractivity contribution in [3.8, 4) is 0 Å². The SMILES string of the molecule is CC(C)[C@H](NC(=O)C12CC3CC(CC(C3)C1)C2)C(=O)OCC(=O)N1CCCCCCC1. The van der Waals surface area contributed by atoms with Crippen LogP contribution in [0.4, 0.5) is 0 Å². The first-order valence-corrected chi connectivity index (χ1v) is 12.6. The lowest BCUT2D eigenvalue weighted by molar-refractivity contribution is -0.158. The van der Waals surface area contributed by atoms with Crippen molar-refractivity contribution in [2.75, 3.05) is 19.7 Å². The molecule has 0 aromatic carbocycles. The average molecular weight is 433 g/mol. The minimum Gasteiger partial charge on any atom is -0.454 e. The molecule has 1 aliphatic heterocycles. The van der Waals surface area contributed by atoms with Crippen LogP contribution in [0, 0.1) is 29.1 Å². The number of amides is 2. The maximum absolute atomic E-state index is 13.4. The molecule has 1 N–H and O–H groups in total. The summed E-state index contributed by atoms with van der Waals surface area (Å²) in [7, 11) is 0. The highest BCUT2D eigenvalue weighted by Crippen LogP contribution is 2.60. The third-order valence-electron chi connectivity index (χ3n) is 8.27. The molecule has 5 rings (SSSR count). The zero-order valence-corrected chi connectivity index (χ0v) is 19.4. The highest BCUT2D eigenvalue weighted by Gasteiger charge is 2.55. The Bertz CT molecular complexity index is 646. The molecule has 2 amide bonds. The maximum Gasteiger partial charge on any atom is 0.329 e. The van der Waals surface area contributed by atoms with Crippen molar-refractivity contribution in [1.82, 2.24) is 10.2 Å². The smallest absolute Gasteiger partial charge is 0.329 e. The number of carbonyl (C=O) groups is 3.